The van der Waals surface area contributed by atoms with Crippen LogP contribution in [0.2, 0.25) is 0 Å². The minimum absolute atomic E-state index is 0.0481. The molecule has 1 aromatic carbocycles. The first-order valence-corrected chi connectivity index (χ1v) is 10.9. The number of hydrogen-bond donors (Lipinski definition) is 1. The third kappa shape index (κ3) is 3.29. The zero-order valence-corrected chi connectivity index (χ0v) is 17.7. The fourth-order valence-electron chi connectivity index (χ4n) is 3.96. The third-order valence-electron chi connectivity index (χ3n) is 5.44. The number of hydrogen-bond acceptors (Lipinski definition) is 6. The Balaban J connectivity index is 1.57. The Morgan fingerprint density at radius 1 is 1.10 bits per heavy atom. The minimum atomic E-state index is 0.0481. The predicted molar refractivity (Wildman–Crippen MR) is 117 cm³/mol. The van der Waals surface area contributed by atoms with E-state index < -0.39 is 0 Å². The molecule has 0 saturated carbocycles. The number of anilines is 1. The Labute approximate surface area is 174 Å². The fourth-order valence-corrected chi connectivity index (χ4v) is 5.04. The number of fused-ring (bicyclic) bond motifs is 2. The van der Waals surface area contributed by atoms with Crippen molar-refractivity contribution in [1.29, 1.82) is 0 Å². The van der Waals surface area contributed by atoms with E-state index in [2.05, 4.69) is 69.2 Å². The maximum atomic E-state index is 4.76. The average Bonchev–Trinajstić information content (AvgIpc) is 3.42. The van der Waals surface area contributed by atoms with Gasteiger partial charge in [-0.1, -0.05) is 44.2 Å². The number of nitrogens with one attached hydrogen (secondary N) is 1. The summed E-state index contributed by atoms with van der Waals surface area (Å²) in [4.78, 5) is 11.7. The Hall–Kier alpha value is -2.80. The van der Waals surface area contributed by atoms with E-state index in [1.165, 1.54) is 10.4 Å². The van der Waals surface area contributed by atoms with Crippen molar-refractivity contribution >= 4 is 27.4 Å². The molecule has 4 heterocycles. The summed E-state index contributed by atoms with van der Waals surface area (Å²) in [5.74, 6) is 4.10. The molecule has 5 rings (SSSR count). The molecule has 1 aliphatic rings. The lowest BCUT2D eigenvalue weighted by Gasteiger charge is -2.23. The van der Waals surface area contributed by atoms with E-state index in [1.54, 1.807) is 11.3 Å². The number of benzene rings is 1. The zero-order chi connectivity index (χ0) is 20.0. The molecule has 7 heteroatoms. The monoisotopic (exact) mass is 404 g/mol. The van der Waals surface area contributed by atoms with Crippen molar-refractivity contribution < 1.29 is 0 Å². The fraction of sp³-hybridized carbons (Fsp3) is 0.364. The second-order valence-corrected chi connectivity index (χ2v) is 8.94. The van der Waals surface area contributed by atoms with Crippen molar-refractivity contribution in [1.82, 2.24) is 24.7 Å². The van der Waals surface area contributed by atoms with Gasteiger partial charge in [-0.25, -0.2) is 9.97 Å². The van der Waals surface area contributed by atoms with Crippen LogP contribution in [0.5, 0.6) is 0 Å². The van der Waals surface area contributed by atoms with Gasteiger partial charge in [0, 0.05) is 17.8 Å². The van der Waals surface area contributed by atoms with Crippen LogP contribution in [0.15, 0.2) is 36.4 Å². The van der Waals surface area contributed by atoms with E-state index in [9.17, 15) is 0 Å². The molecular formula is C22H24N6S. The highest BCUT2D eigenvalue weighted by Crippen LogP contribution is 2.37. The van der Waals surface area contributed by atoms with Crippen LogP contribution in [0.25, 0.3) is 20.7 Å². The van der Waals surface area contributed by atoms with Crippen LogP contribution in [0.3, 0.4) is 0 Å². The summed E-state index contributed by atoms with van der Waals surface area (Å²) >= 11 is 1.71. The summed E-state index contributed by atoms with van der Waals surface area (Å²) in [6, 6.07) is 12.7. The molecule has 0 radical (unpaired) electrons. The smallest absolute Gasteiger partial charge is 0.155 e. The van der Waals surface area contributed by atoms with Crippen LogP contribution in [-0.4, -0.2) is 24.7 Å². The van der Waals surface area contributed by atoms with Crippen molar-refractivity contribution in [2.75, 3.05) is 5.32 Å². The average molecular weight is 405 g/mol. The Morgan fingerprint density at radius 3 is 2.72 bits per heavy atom. The molecule has 0 amide bonds. The van der Waals surface area contributed by atoms with Gasteiger partial charge >= 0.3 is 0 Å². The van der Waals surface area contributed by atoms with Crippen LogP contribution in [0.1, 0.15) is 43.8 Å². The molecule has 1 N–H and O–H groups in total. The zero-order valence-electron chi connectivity index (χ0n) is 16.9. The molecule has 4 aromatic rings. The molecule has 0 saturated heterocycles. The normalized spacial score (nSPS) is 14.5. The third-order valence-corrected chi connectivity index (χ3v) is 6.52. The number of rotatable bonds is 5. The molecule has 1 atom stereocenters. The van der Waals surface area contributed by atoms with E-state index in [0.29, 0.717) is 5.92 Å². The van der Waals surface area contributed by atoms with E-state index >= 15 is 0 Å². The number of aromatic nitrogens is 5. The first-order chi connectivity index (χ1) is 14.1. The number of nitrogens with zero attached hydrogens (tertiary/aromatic N) is 5. The van der Waals surface area contributed by atoms with Gasteiger partial charge in [0.1, 0.15) is 22.3 Å². The molecule has 3 aromatic heterocycles. The quantitative estimate of drug-likeness (QED) is 0.506. The molecule has 0 spiro atoms. The van der Waals surface area contributed by atoms with Crippen LogP contribution >= 0.6 is 11.3 Å². The summed E-state index contributed by atoms with van der Waals surface area (Å²) in [5.41, 5.74) is 1.20. The topological polar surface area (TPSA) is 68.5 Å². The van der Waals surface area contributed by atoms with E-state index in [0.717, 1.165) is 52.9 Å². The van der Waals surface area contributed by atoms with Gasteiger partial charge in [0.15, 0.2) is 5.82 Å². The largest absolute Gasteiger partial charge is 0.359 e. The van der Waals surface area contributed by atoms with Gasteiger partial charge in [0.25, 0.3) is 0 Å². The number of thiophene rings is 1. The van der Waals surface area contributed by atoms with Gasteiger partial charge in [-0.05, 0) is 30.9 Å². The van der Waals surface area contributed by atoms with Crippen molar-refractivity contribution in [2.45, 2.75) is 46.2 Å². The summed E-state index contributed by atoms with van der Waals surface area (Å²) in [5, 5.41) is 13.7. The summed E-state index contributed by atoms with van der Waals surface area (Å²) in [6.07, 6.45) is 2.16. The lowest BCUT2D eigenvalue weighted by atomic mass is 10.0. The molecule has 0 aliphatic carbocycles. The van der Waals surface area contributed by atoms with Crippen LogP contribution in [0, 0.1) is 12.8 Å². The molecule has 1 aliphatic heterocycles. The van der Waals surface area contributed by atoms with Crippen molar-refractivity contribution in [3.63, 3.8) is 0 Å². The second-order valence-electron chi connectivity index (χ2n) is 7.91. The highest BCUT2D eigenvalue weighted by molar-refractivity contribution is 7.21. The molecular weight excluding hydrogens is 380 g/mol. The van der Waals surface area contributed by atoms with Crippen LogP contribution in [0.4, 0.5) is 5.82 Å². The van der Waals surface area contributed by atoms with Gasteiger partial charge in [0.05, 0.1) is 11.4 Å². The summed E-state index contributed by atoms with van der Waals surface area (Å²) in [7, 11) is 0. The van der Waals surface area contributed by atoms with Gasteiger partial charge in [-0.2, -0.15) is 0 Å². The standard InChI is InChI=1S/C22H24N6S/c1-13(2)19(21-27-26-18-10-7-11-28(18)21)25-20-16-12-17(15-8-5-4-6-9-15)29-22(16)24-14(3)23-20/h4-6,8-9,12-13,19H,7,10-11H2,1-3H3,(H,23,24,25)/t19-/m0/s1. The van der Waals surface area contributed by atoms with Gasteiger partial charge in [0.2, 0.25) is 0 Å². The summed E-state index contributed by atoms with van der Waals surface area (Å²) in [6.45, 7) is 7.37. The highest BCUT2D eigenvalue weighted by Gasteiger charge is 2.27. The molecule has 0 fully saturated rings. The van der Waals surface area contributed by atoms with Crippen molar-refractivity contribution in [3.05, 3.63) is 53.9 Å². The Bertz CT molecular complexity index is 1160. The lowest BCUT2D eigenvalue weighted by molar-refractivity contribution is 0.495. The first kappa shape index (κ1) is 18.2. The summed E-state index contributed by atoms with van der Waals surface area (Å²) < 4.78 is 2.27. The lowest BCUT2D eigenvalue weighted by Crippen LogP contribution is -2.22. The number of aryl methyl sites for hydroxylation is 2. The van der Waals surface area contributed by atoms with Crippen molar-refractivity contribution in [2.24, 2.45) is 5.92 Å². The van der Waals surface area contributed by atoms with Crippen LogP contribution in [-0.2, 0) is 13.0 Å². The molecule has 148 valence electrons. The first-order valence-electron chi connectivity index (χ1n) is 10.1. The predicted octanol–water partition coefficient (Wildman–Crippen LogP) is 5.01. The maximum absolute atomic E-state index is 4.76. The SMILES string of the molecule is Cc1nc(N[C@H](c2nnc3n2CCC3)C(C)C)c2cc(-c3ccccc3)sc2n1. The molecule has 0 unspecified atom stereocenters. The maximum Gasteiger partial charge on any atom is 0.155 e. The Morgan fingerprint density at radius 2 is 1.93 bits per heavy atom. The van der Waals surface area contributed by atoms with E-state index in [1.807, 2.05) is 13.0 Å². The van der Waals surface area contributed by atoms with E-state index in [-0.39, 0.29) is 6.04 Å². The van der Waals surface area contributed by atoms with Crippen molar-refractivity contribution in [3.8, 4) is 10.4 Å². The molecule has 0 bridgehead atoms. The van der Waals surface area contributed by atoms with Gasteiger partial charge < -0.3 is 9.88 Å². The molecule has 6 nitrogen and oxygen atoms in total. The van der Waals surface area contributed by atoms with Crippen LogP contribution < -0.4 is 5.32 Å². The van der Waals surface area contributed by atoms with E-state index in [4.69, 9.17) is 4.98 Å². The van der Waals surface area contributed by atoms with Gasteiger partial charge in [-0.3, -0.25) is 0 Å². The minimum Gasteiger partial charge on any atom is -0.359 e. The molecule has 29 heavy (non-hydrogen) atoms. The second kappa shape index (κ2) is 7.22. The highest BCUT2D eigenvalue weighted by atomic mass is 32.1. The van der Waals surface area contributed by atoms with Gasteiger partial charge in [-0.15, -0.1) is 21.5 Å². The Kier molecular flexibility index (Phi) is 4.54.